The van der Waals surface area contributed by atoms with Crippen molar-refractivity contribution < 1.29 is 19.4 Å². The van der Waals surface area contributed by atoms with E-state index in [-0.39, 0.29) is 0 Å². The van der Waals surface area contributed by atoms with Crippen LogP contribution >= 0.6 is 11.8 Å². The number of rotatable bonds is 5. The highest BCUT2D eigenvalue weighted by Gasteiger charge is 2.42. The molecule has 108 valence electrons. The Bertz CT molecular complexity index is 558. The fourth-order valence-electron chi connectivity index (χ4n) is 2.00. The predicted octanol–water partition coefficient (Wildman–Crippen LogP) is 2.43. The molecule has 1 heterocycles. The van der Waals surface area contributed by atoms with Crippen molar-refractivity contribution in [1.82, 2.24) is 0 Å². The fraction of sp³-hybridized carbons (Fsp3) is 0.429. The maximum atomic E-state index is 11.4. The molecule has 1 N–H and O–H groups in total. The normalized spacial score (nSPS) is 21.4. The lowest BCUT2D eigenvalue weighted by Crippen LogP contribution is -2.36. The van der Waals surface area contributed by atoms with E-state index in [0.29, 0.717) is 28.7 Å². The Hall–Kier alpha value is -1.69. The molecular weight excluding hydrogens is 278 g/mol. The summed E-state index contributed by atoms with van der Waals surface area (Å²) in [7, 11) is 3.16. The Morgan fingerprint density at radius 3 is 2.70 bits per heavy atom. The van der Waals surface area contributed by atoms with Crippen LogP contribution in [0, 0.1) is 0 Å². The van der Waals surface area contributed by atoms with Gasteiger partial charge in [-0.25, -0.2) is 4.79 Å². The van der Waals surface area contributed by atoms with E-state index >= 15 is 0 Å². The van der Waals surface area contributed by atoms with Gasteiger partial charge in [-0.2, -0.15) is 0 Å². The first kappa shape index (κ1) is 14.7. The Balaban J connectivity index is 2.42. The van der Waals surface area contributed by atoms with Gasteiger partial charge in [0.25, 0.3) is 0 Å². The minimum absolute atomic E-state index is 0.448. The summed E-state index contributed by atoms with van der Waals surface area (Å²) in [4.78, 5) is 15.8. The van der Waals surface area contributed by atoms with Crippen LogP contribution in [0.5, 0.6) is 11.5 Å². The van der Waals surface area contributed by atoms with Crippen LogP contribution < -0.4 is 9.47 Å². The van der Waals surface area contributed by atoms with Gasteiger partial charge in [0.2, 0.25) is 0 Å². The maximum absolute atomic E-state index is 11.4. The third-order valence-corrected chi connectivity index (χ3v) is 4.59. The molecule has 1 atom stereocenters. The lowest BCUT2D eigenvalue weighted by Gasteiger charge is -2.16. The average Bonchev–Trinajstić information content (AvgIpc) is 2.92. The molecule has 0 saturated carbocycles. The molecule has 0 radical (unpaired) electrons. The molecule has 0 bridgehead atoms. The summed E-state index contributed by atoms with van der Waals surface area (Å²) in [5.74, 6) is 0.889. The minimum Gasteiger partial charge on any atom is -0.497 e. The molecule has 20 heavy (non-hydrogen) atoms. The topological polar surface area (TPSA) is 68.1 Å². The molecule has 0 amide bonds. The summed E-state index contributed by atoms with van der Waals surface area (Å²) in [6.45, 7) is 1.84. The number of ether oxygens (including phenoxy) is 2. The summed E-state index contributed by atoms with van der Waals surface area (Å²) in [5.41, 5.74) is -0.222. The van der Waals surface area contributed by atoms with Crippen molar-refractivity contribution in [3.63, 3.8) is 0 Å². The molecule has 2 rings (SSSR count). The van der Waals surface area contributed by atoms with Gasteiger partial charge in [0.05, 0.1) is 14.2 Å². The van der Waals surface area contributed by atoms with Crippen molar-refractivity contribution in [3.8, 4) is 11.5 Å². The molecule has 5 nitrogen and oxygen atoms in total. The van der Waals surface area contributed by atoms with Gasteiger partial charge in [0, 0.05) is 17.4 Å². The quantitative estimate of drug-likeness (QED) is 0.903. The Kier molecular flexibility index (Phi) is 4.23. The Labute approximate surface area is 122 Å². The molecule has 0 saturated heterocycles. The number of methoxy groups -OCH3 is 2. The molecule has 6 heteroatoms. The van der Waals surface area contributed by atoms with Crippen molar-refractivity contribution in [3.05, 3.63) is 23.8 Å². The summed E-state index contributed by atoms with van der Waals surface area (Å²) >= 11 is 1.45. The Morgan fingerprint density at radius 2 is 2.20 bits per heavy atom. The smallest absolute Gasteiger partial charge is 0.332 e. The molecule has 1 aromatic carbocycles. The van der Waals surface area contributed by atoms with Crippen molar-refractivity contribution in [1.29, 1.82) is 0 Å². The fourth-order valence-corrected chi connectivity index (χ4v) is 3.33. The van der Waals surface area contributed by atoms with Crippen LogP contribution in [0.3, 0.4) is 0 Å². The van der Waals surface area contributed by atoms with Gasteiger partial charge in [-0.15, -0.1) is 11.8 Å². The highest BCUT2D eigenvalue weighted by Crippen LogP contribution is 2.37. The van der Waals surface area contributed by atoms with Crippen molar-refractivity contribution in [2.75, 3.05) is 20.0 Å². The number of aliphatic carboxylic acids is 1. The van der Waals surface area contributed by atoms with Gasteiger partial charge in [-0.1, -0.05) is 6.92 Å². The van der Waals surface area contributed by atoms with E-state index in [2.05, 4.69) is 4.99 Å². The maximum Gasteiger partial charge on any atom is 0.332 e. The van der Waals surface area contributed by atoms with Gasteiger partial charge in [-0.3, -0.25) is 4.99 Å². The van der Waals surface area contributed by atoms with E-state index in [1.807, 2.05) is 19.1 Å². The monoisotopic (exact) mass is 295 g/mol. The van der Waals surface area contributed by atoms with Gasteiger partial charge in [0.15, 0.2) is 5.54 Å². The van der Waals surface area contributed by atoms with E-state index in [0.717, 1.165) is 5.56 Å². The number of aliphatic imine (C=N–C) groups is 1. The number of hydrogen-bond acceptors (Lipinski definition) is 5. The second-order valence-corrected chi connectivity index (χ2v) is 5.43. The number of carboxylic acid groups (broad SMARTS) is 1. The van der Waals surface area contributed by atoms with E-state index in [1.165, 1.54) is 11.8 Å². The summed E-state index contributed by atoms with van der Waals surface area (Å²) in [6.07, 6.45) is 0.470. The zero-order chi connectivity index (χ0) is 14.8. The lowest BCUT2D eigenvalue weighted by molar-refractivity contribution is -0.142. The molecule has 1 aliphatic heterocycles. The molecule has 0 fully saturated rings. The van der Waals surface area contributed by atoms with E-state index < -0.39 is 11.5 Å². The summed E-state index contributed by atoms with van der Waals surface area (Å²) in [5, 5.41) is 10.1. The van der Waals surface area contributed by atoms with Crippen molar-refractivity contribution in [2.24, 2.45) is 4.99 Å². The highest BCUT2D eigenvalue weighted by atomic mass is 32.2. The minimum atomic E-state index is -1.02. The van der Waals surface area contributed by atoms with Crippen LogP contribution in [0.2, 0.25) is 0 Å². The van der Waals surface area contributed by atoms with Crippen LogP contribution in [0.4, 0.5) is 0 Å². The van der Waals surface area contributed by atoms with Crippen LogP contribution in [-0.2, 0) is 4.79 Å². The van der Waals surface area contributed by atoms with Crippen molar-refractivity contribution in [2.45, 2.75) is 18.9 Å². The van der Waals surface area contributed by atoms with Gasteiger partial charge < -0.3 is 14.6 Å². The van der Waals surface area contributed by atoms with Gasteiger partial charge in [-0.05, 0) is 18.6 Å². The zero-order valence-corrected chi connectivity index (χ0v) is 12.5. The predicted molar refractivity (Wildman–Crippen MR) is 79.2 cm³/mol. The largest absolute Gasteiger partial charge is 0.497 e. The third-order valence-electron chi connectivity index (χ3n) is 3.39. The van der Waals surface area contributed by atoms with Crippen molar-refractivity contribution >= 4 is 22.8 Å². The van der Waals surface area contributed by atoms with Crippen LogP contribution in [0.1, 0.15) is 18.9 Å². The molecule has 1 aromatic rings. The second-order valence-electron chi connectivity index (χ2n) is 4.46. The second kappa shape index (κ2) is 5.75. The number of carbonyl (C=O) groups is 1. The zero-order valence-electron chi connectivity index (χ0n) is 11.7. The first-order valence-electron chi connectivity index (χ1n) is 6.24. The lowest BCUT2D eigenvalue weighted by atomic mass is 10.0. The molecule has 0 spiro atoms. The van der Waals surface area contributed by atoms with E-state index in [4.69, 9.17) is 9.47 Å². The molecule has 0 unspecified atom stereocenters. The van der Waals surface area contributed by atoms with E-state index in [9.17, 15) is 9.90 Å². The first-order valence-corrected chi connectivity index (χ1v) is 7.23. The molecule has 0 aromatic heterocycles. The van der Waals surface area contributed by atoms with Crippen LogP contribution in [0.25, 0.3) is 0 Å². The molecule has 0 aliphatic carbocycles. The third kappa shape index (κ3) is 2.47. The molecular formula is C14H17NO4S. The number of nitrogens with zero attached hydrogens (tertiary/aromatic N) is 1. The Morgan fingerprint density at radius 1 is 1.45 bits per heavy atom. The van der Waals surface area contributed by atoms with Crippen LogP contribution in [-0.4, -0.2) is 41.6 Å². The average molecular weight is 295 g/mol. The number of carboxylic acids is 1. The molecule has 1 aliphatic rings. The highest BCUT2D eigenvalue weighted by molar-refractivity contribution is 8.14. The summed E-state index contributed by atoms with van der Waals surface area (Å²) in [6, 6.07) is 5.43. The number of benzene rings is 1. The SMILES string of the molecule is CC[C@@]1(C(=O)O)CSC(c2ccc(OC)cc2OC)=N1. The number of thioether (sulfide) groups is 1. The first-order chi connectivity index (χ1) is 9.56. The van der Waals surface area contributed by atoms with E-state index in [1.54, 1.807) is 20.3 Å². The van der Waals surface area contributed by atoms with Crippen LogP contribution in [0.15, 0.2) is 23.2 Å². The standard InChI is InChI=1S/C14H17NO4S/c1-4-14(13(16)17)8-20-12(15-14)10-6-5-9(18-2)7-11(10)19-3/h5-7H,4,8H2,1-3H3,(H,16,17)/t14-/m0/s1. The van der Waals surface area contributed by atoms with Gasteiger partial charge in [0.1, 0.15) is 16.5 Å². The number of hydrogen-bond donors (Lipinski definition) is 1. The summed E-state index contributed by atoms with van der Waals surface area (Å²) < 4.78 is 10.5. The van der Waals surface area contributed by atoms with Gasteiger partial charge >= 0.3 is 5.97 Å².